The van der Waals surface area contributed by atoms with E-state index in [0.29, 0.717) is 13.2 Å². The Morgan fingerprint density at radius 2 is 1.79 bits per heavy atom. The Bertz CT molecular complexity index is 370. The molecule has 0 radical (unpaired) electrons. The van der Waals surface area contributed by atoms with Gasteiger partial charge in [-0.25, -0.2) is 0 Å². The van der Waals surface area contributed by atoms with Crippen LogP contribution in [-0.4, -0.2) is 93.5 Å². The Labute approximate surface area is 195 Å². The smallest absolute Gasteiger partial charge is 0.279 e. The molecule has 0 spiro atoms. The quantitative estimate of drug-likeness (QED) is 0.0593. The van der Waals surface area contributed by atoms with Crippen LogP contribution < -0.4 is 5.32 Å². The summed E-state index contributed by atoms with van der Waals surface area (Å²) in [6.45, 7) is 4.24. The molecule has 0 aliphatic rings. The molecule has 6 nitrogen and oxygen atoms in total. The summed E-state index contributed by atoms with van der Waals surface area (Å²) in [7, 11) is 0. The number of nitrogens with one attached hydrogen (secondary N) is 1. The van der Waals surface area contributed by atoms with E-state index in [1.54, 1.807) is 11.8 Å². The summed E-state index contributed by atoms with van der Waals surface area (Å²) in [6.07, 6.45) is 1.33. The number of aliphatic hydroxyl groups excluding tert-OH is 1. The van der Waals surface area contributed by atoms with E-state index in [1.165, 1.54) is 18.2 Å². The Balaban J connectivity index is 3.18. The molecule has 0 saturated heterocycles. The van der Waals surface area contributed by atoms with Crippen LogP contribution in [-0.2, 0) is 9.78 Å². The highest BCUT2D eigenvalue weighted by atomic mass is 32.2. The zero-order valence-corrected chi connectivity index (χ0v) is 21.2. The van der Waals surface area contributed by atoms with Gasteiger partial charge in [0.1, 0.15) is 6.61 Å². The number of thioether (sulfide) groups is 6. The molecule has 0 bridgehead atoms. The third kappa shape index (κ3) is 25.0. The summed E-state index contributed by atoms with van der Waals surface area (Å²) >= 11 is 10.4. The Kier molecular flexibility index (Phi) is 26.9. The number of hydrogen-bond donors (Lipinski definition) is 2. The lowest BCUT2D eigenvalue weighted by molar-refractivity contribution is -0.210. The normalized spacial score (nSPS) is 11.2. The SMILES string of the molecule is CCSCSCCSC(=O)NCCSCSCCN=COOCCSCCO. The summed E-state index contributed by atoms with van der Waals surface area (Å²) in [5.41, 5.74) is 0. The van der Waals surface area contributed by atoms with Gasteiger partial charge in [0.2, 0.25) is 6.40 Å². The molecule has 0 aromatic heterocycles. The lowest BCUT2D eigenvalue weighted by atomic mass is 10.8. The zero-order chi connectivity index (χ0) is 20.5. The van der Waals surface area contributed by atoms with Crippen LogP contribution in [0.4, 0.5) is 4.79 Å². The van der Waals surface area contributed by atoms with Crippen molar-refractivity contribution >= 4 is 82.2 Å². The number of carbonyl (C=O) groups is 1. The van der Waals surface area contributed by atoms with Gasteiger partial charge in [-0.05, 0) is 5.75 Å². The van der Waals surface area contributed by atoms with Crippen LogP contribution in [0.25, 0.3) is 0 Å². The molecule has 0 aromatic rings. The van der Waals surface area contributed by atoms with Crippen LogP contribution in [0.1, 0.15) is 6.92 Å². The van der Waals surface area contributed by atoms with Crippen LogP contribution in [0.3, 0.4) is 0 Å². The Morgan fingerprint density at radius 1 is 1.00 bits per heavy atom. The zero-order valence-electron chi connectivity index (χ0n) is 16.3. The average Bonchev–Trinajstić information content (AvgIpc) is 2.70. The fourth-order valence-corrected chi connectivity index (χ4v) is 6.60. The average molecular weight is 509 g/mol. The highest BCUT2D eigenvalue weighted by molar-refractivity contribution is 8.17. The molecule has 0 fully saturated rings. The first-order valence-electron chi connectivity index (χ1n) is 8.98. The minimum Gasteiger partial charge on any atom is -0.396 e. The predicted octanol–water partition coefficient (Wildman–Crippen LogP) is 4.00. The van der Waals surface area contributed by atoms with Crippen LogP contribution in [0.5, 0.6) is 0 Å². The van der Waals surface area contributed by atoms with E-state index in [4.69, 9.17) is 14.9 Å². The van der Waals surface area contributed by atoms with E-state index in [9.17, 15) is 4.79 Å². The van der Waals surface area contributed by atoms with Gasteiger partial charge in [0.15, 0.2) is 0 Å². The molecule has 28 heavy (non-hydrogen) atoms. The lowest BCUT2D eigenvalue weighted by Crippen LogP contribution is -2.22. The molecule has 0 rings (SSSR count). The van der Waals surface area contributed by atoms with E-state index < -0.39 is 0 Å². The van der Waals surface area contributed by atoms with Crippen LogP contribution in [0, 0.1) is 0 Å². The number of amides is 1. The van der Waals surface area contributed by atoms with E-state index in [-0.39, 0.29) is 11.8 Å². The second-order valence-electron chi connectivity index (χ2n) is 4.78. The van der Waals surface area contributed by atoms with Crippen molar-refractivity contribution in [3.63, 3.8) is 0 Å². The van der Waals surface area contributed by atoms with Crippen molar-refractivity contribution in [1.29, 1.82) is 0 Å². The largest absolute Gasteiger partial charge is 0.396 e. The van der Waals surface area contributed by atoms with Gasteiger partial charge in [-0.1, -0.05) is 18.7 Å². The Morgan fingerprint density at radius 3 is 2.61 bits per heavy atom. The minimum absolute atomic E-state index is 0.0838. The topological polar surface area (TPSA) is 80.2 Å². The van der Waals surface area contributed by atoms with Crippen LogP contribution in [0.15, 0.2) is 4.99 Å². The molecule has 166 valence electrons. The molecule has 0 aliphatic carbocycles. The van der Waals surface area contributed by atoms with Gasteiger partial charge >= 0.3 is 0 Å². The summed E-state index contributed by atoms with van der Waals surface area (Å²) in [6, 6.07) is 0. The molecule has 0 aliphatic heterocycles. The van der Waals surface area contributed by atoms with Crippen molar-refractivity contribution < 1.29 is 19.7 Å². The van der Waals surface area contributed by atoms with Crippen LogP contribution in [0.2, 0.25) is 0 Å². The predicted molar refractivity (Wildman–Crippen MR) is 136 cm³/mol. The maximum atomic E-state index is 11.7. The highest BCUT2D eigenvalue weighted by Gasteiger charge is 2.01. The Hall–Kier alpha value is 0.960. The molecule has 12 heteroatoms. The number of nitrogens with zero attached hydrogens (tertiary/aromatic N) is 1. The third-order valence-electron chi connectivity index (χ3n) is 2.61. The van der Waals surface area contributed by atoms with Gasteiger partial charge in [-0.2, -0.15) is 40.2 Å². The van der Waals surface area contributed by atoms with E-state index in [0.717, 1.165) is 57.0 Å². The summed E-state index contributed by atoms with van der Waals surface area (Å²) in [5.74, 6) is 6.42. The summed E-state index contributed by atoms with van der Waals surface area (Å²) in [5, 5.41) is 13.7. The standard InChI is InChI=1S/C16H32N2O4S6/c1-2-23-14-27-11-12-28-16(20)18-4-8-26-15-25-7-3-17-13-22-21-6-10-24-9-5-19/h13,19H,2-12,14-15H2,1H3,(H,18,20). The number of hydrogen-bond acceptors (Lipinski definition) is 11. The van der Waals surface area contributed by atoms with Gasteiger partial charge in [-0.15, -0.1) is 23.5 Å². The summed E-state index contributed by atoms with van der Waals surface area (Å²) < 4.78 is 0. The molecule has 1 amide bonds. The van der Waals surface area contributed by atoms with E-state index >= 15 is 0 Å². The molecule has 0 unspecified atom stereocenters. The van der Waals surface area contributed by atoms with Crippen molar-refractivity contribution in [2.75, 3.05) is 76.7 Å². The van der Waals surface area contributed by atoms with Gasteiger partial charge < -0.3 is 15.3 Å². The van der Waals surface area contributed by atoms with Gasteiger partial charge in [-0.3, -0.25) is 9.79 Å². The fraction of sp³-hybridized carbons (Fsp3) is 0.875. The molecule has 0 atom stereocenters. The highest BCUT2D eigenvalue weighted by Crippen LogP contribution is 2.14. The maximum absolute atomic E-state index is 11.7. The molecule has 0 saturated carbocycles. The van der Waals surface area contributed by atoms with Crippen molar-refractivity contribution in [2.24, 2.45) is 4.99 Å². The molecule has 0 aromatic carbocycles. The summed E-state index contributed by atoms with van der Waals surface area (Å²) in [4.78, 5) is 25.5. The van der Waals surface area contributed by atoms with Crippen molar-refractivity contribution in [2.45, 2.75) is 6.92 Å². The van der Waals surface area contributed by atoms with E-state index in [1.807, 2.05) is 47.0 Å². The van der Waals surface area contributed by atoms with Gasteiger partial charge in [0, 0.05) is 51.2 Å². The second kappa shape index (κ2) is 26.0. The van der Waals surface area contributed by atoms with Gasteiger partial charge in [0.05, 0.1) is 13.2 Å². The lowest BCUT2D eigenvalue weighted by Gasteiger charge is -2.05. The van der Waals surface area contributed by atoms with Crippen molar-refractivity contribution in [1.82, 2.24) is 5.32 Å². The van der Waals surface area contributed by atoms with Crippen LogP contribution >= 0.6 is 70.6 Å². The first-order valence-corrected chi connectivity index (χ1v) is 15.7. The number of rotatable bonds is 21. The molecular formula is C16H32N2O4S6. The van der Waals surface area contributed by atoms with Gasteiger partial charge in [0.25, 0.3) is 5.24 Å². The number of aliphatic imine (C=N–C) groups is 1. The van der Waals surface area contributed by atoms with Crippen molar-refractivity contribution in [3.05, 3.63) is 0 Å². The number of carbonyl (C=O) groups excluding carboxylic acids is 1. The fourth-order valence-electron chi connectivity index (χ4n) is 1.39. The third-order valence-corrected chi connectivity index (χ3v) is 9.14. The monoisotopic (exact) mass is 508 g/mol. The minimum atomic E-state index is 0.0838. The van der Waals surface area contributed by atoms with Crippen molar-refractivity contribution in [3.8, 4) is 0 Å². The first-order chi connectivity index (χ1) is 13.8. The van der Waals surface area contributed by atoms with E-state index in [2.05, 4.69) is 17.2 Å². The molecule has 0 heterocycles. The first kappa shape index (κ1) is 29.0. The number of aliphatic hydroxyl groups is 1. The maximum Gasteiger partial charge on any atom is 0.279 e. The molecular weight excluding hydrogens is 477 g/mol. The second-order valence-corrected chi connectivity index (χ2v) is 12.4. The molecule has 2 N–H and O–H groups in total.